The molecule has 4 nitrogen and oxygen atoms in total. The van der Waals surface area contributed by atoms with Crippen LogP contribution in [0, 0.1) is 0 Å². The van der Waals surface area contributed by atoms with Crippen LogP contribution >= 0.6 is 0 Å². The second kappa shape index (κ2) is 7.45. The van der Waals surface area contributed by atoms with Gasteiger partial charge in [0.2, 0.25) is 0 Å². The van der Waals surface area contributed by atoms with E-state index < -0.39 is 9.84 Å². The highest BCUT2D eigenvalue weighted by Gasteiger charge is 2.19. The van der Waals surface area contributed by atoms with Crippen molar-refractivity contribution in [3.8, 4) is 0 Å². The Morgan fingerprint density at radius 3 is 2.86 bits per heavy atom. The quantitative estimate of drug-likeness (QED) is 0.788. The molecule has 1 aromatic rings. The highest BCUT2D eigenvalue weighted by atomic mass is 32.2. The zero-order valence-electron chi connectivity index (χ0n) is 13.3. The number of aryl methyl sites for hydroxylation is 2. The molecule has 0 radical (unpaired) electrons. The van der Waals surface area contributed by atoms with Crippen molar-refractivity contribution in [1.82, 2.24) is 9.88 Å². The number of hydrogen-bond donors (Lipinski definition) is 1. The molecule has 0 saturated carbocycles. The van der Waals surface area contributed by atoms with Crippen LogP contribution < -0.4 is 5.32 Å². The molecule has 0 bridgehead atoms. The van der Waals surface area contributed by atoms with Gasteiger partial charge in [0.15, 0.2) is 0 Å². The number of sulfone groups is 1. The van der Waals surface area contributed by atoms with Gasteiger partial charge in [-0.1, -0.05) is 13.3 Å². The van der Waals surface area contributed by atoms with Crippen molar-refractivity contribution in [2.75, 3.05) is 18.6 Å². The van der Waals surface area contributed by atoms with Crippen LogP contribution in [-0.4, -0.2) is 31.5 Å². The molecule has 1 atom stereocenters. The van der Waals surface area contributed by atoms with Crippen LogP contribution in [0.5, 0.6) is 0 Å². The molecule has 0 saturated heterocycles. The van der Waals surface area contributed by atoms with E-state index in [1.54, 1.807) is 0 Å². The predicted molar refractivity (Wildman–Crippen MR) is 87.3 cm³/mol. The minimum atomic E-state index is -2.85. The summed E-state index contributed by atoms with van der Waals surface area (Å²) >= 11 is 0. The van der Waals surface area contributed by atoms with E-state index in [2.05, 4.69) is 29.2 Å². The molecular formula is C16H28N2O2S. The van der Waals surface area contributed by atoms with Crippen molar-refractivity contribution in [1.29, 1.82) is 0 Å². The first kappa shape index (κ1) is 16.6. The summed E-state index contributed by atoms with van der Waals surface area (Å²) in [5.41, 5.74) is 2.88. The average molecular weight is 312 g/mol. The lowest BCUT2D eigenvalue weighted by molar-refractivity contribution is 0.487. The molecule has 2 rings (SSSR count). The lowest BCUT2D eigenvalue weighted by Crippen LogP contribution is -2.21. The van der Waals surface area contributed by atoms with Gasteiger partial charge < -0.3 is 9.88 Å². The Morgan fingerprint density at radius 2 is 2.14 bits per heavy atom. The number of hydrogen-bond acceptors (Lipinski definition) is 3. The Kier molecular flexibility index (Phi) is 5.88. The smallest absolute Gasteiger partial charge is 0.147 e. The molecule has 1 unspecified atom stereocenters. The molecular weight excluding hydrogens is 284 g/mol. The first-order valence-corrected chi connectivity index (χ1v) is 10.2. The Labute approximate surface area is 128 Å². The highest BCUT2D eigenvalue weighted by molar-refractivity contribution is 7.90. The maximum Gasteiger partial charge on any atom is 0.147 e. The number of aromatic nitrogens is 1. The van der Waals surface area contributed by atoms with Gasteiger partial charge in [0, 0.05) is 31.2 Å². The van der Waals surface area contributed by atoms with Crippen LogP contribution in [0.1, 0.15) is 56.2 Å². The average Bonchev–Trinajstić information content (AvgIpc) is 2.71. The van der Waals surface area contributed by atoms with Crippen molar-refractivity contribution >= 4 is 9.84 Å². The molecule has 0 spiro atoms. The van der Waals surface area contributed by atoms with Gasteiger partial charge in [0.05, 0.1) is 5.75 Å². The molecule has 5 heteroatoms. The van der Waals surface area contributed by atoms with E-state index in [1.165, 1.54) is 36.6 Å². The fourth-order valence-electron chi connectivity index (χ4n) is 3.08. The lowest BCUT2D eigenvalue weighted by atomic mass is 10.0. The van der Waals surface area contributed by atoms with Gasteiger partial charge >= 0.3 is 0 Å². The van der Waals surface area contributed by atoms with E-state index in [-0.39, 0.29) is 5.75 Å². The van der Waals surface area contributed by atoms with Gasteiger partial charge in [0.25, 0.3) is 0 Å². The summed E-state index contributed by atoms with van der Waals surface area (Å²) in [4.78, 5) is 0. The van der Waals surface area contributed by atoms with Crippen molar-refractivity contribution in [2.24, 2.45) is 0 Å². The van der Waals surface area contributed by atoms with Gasteiger partial charge in [-0.2, -0.15) is 0 Å². The largest absolute Gasteiger partial charge is 0.354 e. The minimum absolute atomic E-state index is 0.271. The molecule has 120 valence electrons. The Bertz CT molecular complexity index is 549. The third-order valence-corrected chi connectivity index (χ3v) is 5.16. The molecule has 1 heterocycles. The number of rotatable bonds is 7. The second-order valence-corrected chi connectivity index (χ2v) is 8.47. The van der Waals surface area contributed by atoms with Gasteiger partial charge in [-0.3, -0.25) is 0 Å². The summed E-state index contributed by atoms with van der Waals surface area (Å²) in [6.45, 7) is 4.05. The molecule has 0 aromatic carbocycles. The Balaban J connectivity index is 2.03. The fraction of sp³-hybridized carbons (Fsp3) is 0.750. The standard InChI is InChI=1S/C16H28N2O2S/c1-3-9-17-16-8-5-4-7-14-12-18(13-15(14)16)10-6-11-21(2,19)20/h12-13,16-17H,3-11H2,1-2H3. The van der Waals surface area contributed by atoms with Crippen LogP contribution in [-0.2, 0) is 22.8 Å². The number of nitrogens with one attached hydrogen (secondary N) is 1. The summed E-state index contributed by atoms with van der Waals surface area (Å²) in [7, 11) is -2.85. The summed E-state index contributed by atoms with van der Waals surface area (Å²) in [6.07, 6.45) is 12.5. The summed E-state index contributed by atoms with van der Waals surface area (Å²) in [5, 5.41) is 3.65. The highest BCUT2D eigenvalue weighted by Crippen LogP contribution is 2.29. The van der Waals surface area contributed by atoms with E-state index in [0.717, 1.165) is 25.9 Å². The van der Waals surface area contributed by atoms with Crippen LogP contribution in [0.25, 0.3) is 0 Å². The maximum absolute atomic E-state index is 11.2. The van der Waals surface area contributed by atoms with E-state index >= 15 is 0 Å². The first-order chi connectivity index (χ1) is 9.99. The number of nitrogens with zero attached hydrogens (tertiary/aromatic N) is 1. The monoisotopic (exact) mass is 312 g/mol. The van der Waals surface area contributed by atoms with Crippen LogP contribution in [0.3, 0.4) is 0 Å². The third kappa shape index (κ3) is 5.15. The zero-order chi connectivity index (χ0) is 15.3. The van der Waals surface area contributed by atoms with E-state index in [0.29, 0.717) is 12.5 Å². The van der Waals surface area contributed by atoms with Crippen LogP contribution in [0.4, 0.5) is 0 Å². The Morgan fingerprint density at radius 1 is 1.33 bits per heavy atom. The first-order valence-electron chi connectivity index (χ1n) is 8.09. The minimum Gasteiger partial charge on any atom is -0.354 e. The molecule has 1 aromatic heterocycles. The molecule has 21 heavy (non-hydrogen) atoms. The lowest BCUT2D eigenvalue weighted by Gasteiger charge is -2.16. The number of fused-ring (bicyclic) bond motifs is 1. The normalized spacial score (nSPS) is 19.2. The molecule has 0 aliphatic heterocycles. The summed E-state index contributed by atoms with van der Waals surface area (Å²) < 4.78 is 24.6. The molecule has 0 amide bonds. The van der Waals surface area contributed by atoms with E-state index in [9.17, 15) is 8.42 Å². The molecule has 1 N–H and O–H groups in total. The summed E-state index contributed by atoms with van der Waals surface area (Å²) in [5.74, 6) is 0.271. The second-order valence-electron chi connectivity index (χ2n) is 6.21. The third-order valence-electron chi connectivity index (χ3n) is 4.13. The molecule has 0 fully saturated rings. The molecule has 1 aliphatic rings. The van der Waals surface area contributed by atoms with Crippen molar-refractivity contribution < 1.29 is 8.42 Å². The SMILES string of the molecule is CCCNC1CCCCc2cn(CCCS(C)(=O)=O)cc21. The van der Waals surface area contributed by atoms with Crippen LogP contribution in [0.2, 0.25) is 0 Å². The van der Waals surface area contributed by atoms with Gasteiger partial charge in [-0.25, -0.2) is 8.42 Å². The van der Waals surface area contributed by atoms with Gasteiger partial charge in [-0.15, -0.1) is 0 Å². The van der Waals surface area contributed by atoms with Crippen molar-refractivity contribution in [3.05, 3.63) is 23.5 Å². The Hall–Kier alpha value is -0.810. The van der Waals surface area contributed by atoms with Crippen molar-refractivity contribution in [2.45, 2.75) is 58.0 Å². The fourth-order valence-corrected chi connectivity index (χ4v) is 3.74. The van der Waals surface area contributed by atoms with Crippen LogP contribution in [0.15, 0.2) is 12.4 Å². The molecule has 1 aliphatic carbocycles. The predicted octanol–water partition coefficient (Wildman–Crippen LogP) is 2.69. The topological polar surface area (TPSA) is 51.1 Å². The van der Waals surface area contributed by atoms with E-state index in [4.69, 9.17) is 0 Å². The van der Waals surface area contributed by atoms with Gasteiger partial charge in [0.1, 0.15) is 9.84 Å². The maximum atomic E-state index is 11.2. The summed E-state index contributed by atoms with van der Waals surface area (Å²) in [6, 6.07) is 0.471. The van der Waals surface area contributed by atoms with E-state index in [1.807, 2.05) is 0 Å². The zero-order valence-corrected chi connectivity index (χ0v) is 14.1. The van der Waals surface area contributed by atoms with Crippen molar-refractivity contribution in [3.63, 3.8) is 0 Å². The van der Waals surface area contributed by atoms with Gasteiger partial charge in [-0.05, 0) is 49.8 Å².